The highest BCUT2D eigenvalue weighted by Gasteiger charge is 2.22. The molecular formula is C20H17BrClNO5S. The van der Waals surface area contributed by atoms with Gasteiger partial charge in [0.05, 0.1) is 19.9 Å². The van der Waals surface area contributed by atoms with E-state index in [9.17, 15) is 8.42 Å². The Labute approximate surface area is 182 Å². The van der Waals surface area contributed by atoms with E-state index in [2.05, 4.69) is 20.7 Å². The number of anilines is 1. The van der Waals surface area contributed by atoms with Crippen molar-refractivity contribution in [2.45, 2.75) is 4.90 Å². The summed E-state index contributed by atoms with van der Waals surface area (Å²) >= 11 is 9.36. The van der Waals surface area contributed by atoms with Crippen LogP contribution in [0.2, 0.25) is 5.02 Å². The molecule has 3 aromatic rings. The van der Waals surface area contributed by atoms with Gasteiger partial charge in [-0.3, -0.25) is 4.72 Å². The first-order chi connectivity index (χ1) is 13.8. The maximum Gasteiger partial charge on any atom is 0.265 e. The first kappa shape index (κ1) is 21.3. The lowest BCUT2D eigenvalue weighted by Gasteiger charge is -2.15. The lowest BCUT2D eigenvalue weighted by atomic mass is 10.3. The summed E-state index contributed by atoms with van der Waals surface area (Å²) in [6.07, 6.45) is 0. The van der Waals surface area contributed by atoms with E-state index in [1.165, 1.54) is 19.2 Å². The van der Waals surface area contributed by atoms with E-state index in [0.29, 0.717) is 21.0 Å². The highest BCUT2D eigenvalue weighted by atomic mass is 79.9. The molecule has 0 aromatic heterocycles. The number of halogens is 2. The van der Waals surface area contributed by atoms with E-state index < -0.39 is 10.0 Å². The average Bonchev–Trinajstić information content (AvgIpc) is 2.70. The Morgan fingerprint density at radius 1 is 0.862 bits per heavy atom. The summed E-state index contributed by atoms with van der Waals surface area (Å²) in [7, 11) is -1.01. The van der Waals surface area contributed by atoms with Crippen molar-refractivity contribution < 1.29 is 22.6 Å². The zero-order valence-corrected chi connectivity index (χ0v) is 18.6. The molecule has 0 saturated heterocycles. The molecule has 9 heteroatoms. The fourth-order valence-electron chi connectivity index (χ4n) is 2.50. The van der Waals surface area contributed by atoms with Crippen molar-refractivity contribution in [3.63, 3.8) is 0 Å². The van der Waals surface area contributed by atoms with Crippen molar-refractivity contribution in [2.75, 3.05) is 18.9 Å². The van der Waals surface area contributed by atoms with Crippen LogP contribution >= 0.6 is 27.5 Å². The molecule has 0 radical (unpaired) electrons. The second-order valence-corrected chi connectivity index (χ2v) is 8.82. The normalized spacial score (nSPS) is 11.0. The molecule has 0 bridgehead atoms. The number of benzene rings is 3. The quantitative estimate of drug-likeness (QED) is 0.451. The van der Waals surface area contributed by atoms with Crippen LogP contribution in [-0.2, 0) is 10.0 Å². The molecule has 0 atom stereocenters. The Balaban J connectivity index is 1.96. The van der Waals surface area contributed by atoms with Crippen LogP contribution in [0.15, 0.2) is 70.0 Å². The van der Waals surface area contributed by atoms with Gasteiger partial charge in [-0.25, -0.2) is 8.42 Å². The van der Waals surface area contributed by atoms with Crippen LogP contribution in [0.4, 0.5) is 5.69 Å². The monoisotopic (exact) mass is 497 g/mol. The van der Waals surface area contributed by atoms with Gasteiger partial charge in [0.25, 0.3) is 10.0 Å². The first-order valence-electron chi connectivity index (χ1n) is 8.30. The zero-order valence-electron chi connectivity index (χ0n) is 15.5. The molecule has 0 fully saturated rings. The van der Waals surface area contributed by atoms with E-state index in [1.54, 1.807) is 55.6 Å². The van der Waals surface area contributed by atoms with Gasteiger partial charge in [0, 0.05) is 9.50 Å². The maximum atomic E-state index is 13.0. The maximum absolute atomic E-state index is 13.0. The largest absolute Gasteiger partial charge is 0.497 e. The van der Waals surface area contributed by atoms with Gasteiger partial charge in [-0.2, -0.15) is 0 Å². The topological polar surface area (TPSA) is 73.9 Å². The third-order valence-electron chi connectivity index (χ3n) is 3.89. The number of hydrogen-bond acceptors (Lipinski definition) is 5. The van der Waals surface area contributed by atoms with Gasteiger partial charge in [0.1, 0.15) is 22.1 Å². The Morgan fingerprint density at radius 2 is 1.52 bits per heavy atom. The lowest BCUT2D eigenvalue weighted by Crippen LogP contribution is -2.14. The van der Waals surface area contributed by atoms with Crippen LogP contribution in [0, 0.1) is 0 Å². The summed E-state index contributed by atoms with van der Waals surface area (Å²) in [4.78, 5) is -0.0234. The van der Waals surface area contributed by atoms with E-state index in [0.717, 1.165) is 0 Å². The van der Waals surface area contributed by atoms with Crippen molar-refractivity contribution in [1.29, 1.82) is 0 Å². The molecule has 0 aliphatic carbocycles. The van der Waals surface area contributed by atoms with Crippen LogP contribution in [-0.4, -0.2) is 22.6 Å². The van der Waals surface area contributed by atoms with Crippen molar-refractivity contribution >= 4 is 43.2 Å². The van der Waals surface area contributed by atoms with Gasteiger partial charge < -0.3 is 14.2 Å². The lowest BCUT2D eigenvalue weighted by molar-refractivity contribution is 0.402. The van der Waals surface area contributed by atoms with Gasteiger partial charge in [0.15, 0.2) is 5.75 Å². The molecule has 0 amide bonds. The third-order valence-corrected chi connectivity index (χ3v) is 6.00. The number of hydrogen-bond donors (Lipinski definition) is 1. The van der Waals surface area contributed by atoms with Crippen LogP contribution in [0.5, 0.6) is 23.0 Å². The number of nitrogens with one attached hydrogen (secondary N) is 1. The molecular weight excluding hydrogens is 482 g/mol. The molecule has 0 spiro atoms. The van der Waals surface area contributed by atoms with Crippen molar-refractivity contribution in [2.24, 2.45) is 0 Å². The van der Waals surface area contributed by atoms with E-state index >= 15 is 0 Å². The van der Waals surface area contributed by atoms with Crippen molar-refractivity contribution in [1.82, 2.24) is 0 Å². The van der Waals surface area contributed by atoms with E-state index in [1.807, 2.05) is 0 Å². The first-order valence-corrected chi connectivity index (χ1v) is 11.0. The zero-order chi connectivity index (χ0) is 21.0. The Bertz CT molecular complexity index is 1120. The number of sulfonamides is 1. The van der Waals surface area contributed by atoms with E-state index in [4.69, 9.17) is 25.8 Å². The molecule has 3 rings (SSSR count). The molecule has 0 saturated carbocycles. The smallest absolute Gasteiger partial charge is 0.265 e. The minimum atomic E-state index is -3.98. The van der Waals surface area contributed by atoms with Gasteiger partial charge in [-0.1, -0.05) is 27.5 Å². The van der Waals surface area contributed by atoms with Crippen LogP contribution in [0.1, 0.15) is 0 Å². The summed E-state index contributed by atoms with van der Waals surface area (Å²) in [6, 6.07) is 16.3. The molecule has 3 aromatic carbocycles. The van der Waals surface area contributed by atoms with Crippen LogP contribution < -0.4 is 18.9 Å². The molecule has 0 aliphatic rings. The highest BCUT2D eigenvalue weighted by molar-refractivity contribution is 9.10. The standard InChI is InChI=1S/C20H17BrClNO5S/c1-26-15-5-7-16(8-6-15)28-18-10-4-14(22)12-17(18)23-29(24,25)20-11-13(21)3-9-19(20)27-2/h3-12,23H,1-2H3. The summed E-state index contributed by atoms with van der Waals surface area (Å²) in [5.41, 5.74) is 0.190. The fraction of sp³-hybridized carbons (Fsp3) is 0.100. The van der Waals surface area contributed by atoms with Crippen molar-refractivity contribution in [3.8, 4) is 23.0 Å². The van der Waals surface area contributed by atoms with Gasteiger partial charge in [-0.05, 0) is 60.7 Å². The predicted octanol–water partition coefficient (Wildman–Crippen LogP) is 5.71. The molecule has 0 aliphatic heterocycles. The molecule has 0 heterocycles. The van der Waals surface area contributed by atoms with Crippen LogP contribution in [0.3, 0.4) is 0 Å². The predicted molar refractivity (Wildman–Crippen MR) is 116 cm³/mol. The molecule has 152 valence electrons. The highest BCUT2D eigenvalue weighted by Crippen LogP contribution is 2.36. The number of methoxy groups -OCH3 is 2. The van der Waals surface area contributed by atoms with Crippen LogP contribution in [0.25, 0.3) is 0 Å². The van der Waals surface area contributed by atoms with E-state index in [-0.39, 0.29) is 22.1 Å². The Hall–Kier alpha value is -2.42. The molecule has 29 heavy (non-hydrogen) atoms. The minimum absolute atomic E-state index is 0.0234. The summed E-state index contributed by atoms with van der Waals surface area (Å²) < 4.78 is 45.3. The van der Waals surface area contributed by atoms with Crippen molar-refractivity contribution in [3.05, 3.63) is 70.2 Å². The summed E-state index contributed by atoms with van der Waals surface area (Å²) in [5.74, 6) is 1.68. The fourth-order valence-corrected chi connectivity index (χ4v) is 4.44. The molecule has 6 nitrogen and oxygen atoms in total. The summed E-state index contributed by atoms with van der Waals surface area (Å²) in [6.45, 7) is 0. The molecule has 1 N–H and O–H groups in total. The van der Waals surface area contributed by atoms with Gasteiger partial charge in [-0.15, -0.1) is 0 Å². The van der Waals surface area contributed by atoms with Gasteiger partial charge >= 0.3 is 0 Å². The Morgan fingerprint density at radius 3 is 2.17 bits per heavy atom. The Kier molecular flexibility index (Phi) is 6.56. The second-order valence-electron chi connectivity index (χ2n) is 5.82. The SMILES string of the molecule is COc1ccc(Oc2ccc(Cl)cc2NS(=O)(=O)c2cc(Br)ccc2OC)cc1. The third kappa shape index (κ3) is 5.14. The second kappa shape index (κ2) is 8.94. The summed E-state index contributed by atoms with van der Waals surface area (Å²) in [5, 5.41) is 0.353. The van der Waals surface area contributed by atoms with Gasteiger partial charge in [0.2, 0.25) is 0 Å². The average molecular weight is 499 g/mol. The number of ether oxygens (including phenoxy) is 3. The number of rotatable bonds is 7. The minimum Gasteiger partial charge on any atom is -0.497 e. The molecule has 0 unspecified atom stereocenters.